The van der Waals surface area contributed by atoms with E-state index in [0.29, 0.717) is 5.69 Å². The first kappa shape index (κ1) is 21.0. The minimum Gasteiger partial charge on any atom is -0.495 e. The van der Waals surface area contributed by atoms with Gasteiger partial charge >= 0.3 is 0 Å². The second-order valence-corrected chi connectivity index (χ2v) is 10.8. The van der Waals surface area contributed by atoms with Gasteiger partial charge in [0.05, 0.1) is 17.5 Å². The summed E-state index contributed by atoms with van der Waals surface area (Å²) in [5.74, 6) is 0.163. The van der Waals surface area contributed by atoms with E-state index in [0.717, 1.165) is 41.1 Å². The zero-order chi connectivity index (χ0) is 22.5. The second kappa shape index (κ2) is 7.60. The van der Waals surface area contributed by atoms with Gasteiger partial charge in [-0.1, -0.05) is 25.5 Å². The van der Waals surface area contributed by atoms with Gasteiger partial charge in [0.15, 0.2) is 0 Å². The minimum atomic E-state index is -3.90. The molecule has 2 heterocycles. The van der Waals surface area contributed by atoms with E-state index in [1.54, 1.807) is 36.5 Å². The van der Waals surface area contributed by atoms with Gasteiger partial charge < -0.3 is 10.1 Å². The predicted octanol–water partition coefficient (Wildman–Crippen LogP) is 4.48. The van der Waals surface area contributed by atoms with E-state index in [4.69, 9.17) is 4.74 Å². The highest BCUT2D eigenvalue weighted by molar-refractivity contribution is 7.92. The molecule has 0 saturated heterocycles. The number of ether oxygens (including phenoxy) is 1. The highest BCUT2D eigenvalue weighted by Crippen LogP contribution is 2.54. The first-order valence-corrected chi connectivity index (χ1v) is 12.8. The fourth-order valence-corrected chi connectivity index (χ4v) is 6.52. The third-order valence-corrected chi connectivity index (χ3v) is 8.84. The second-order valence-electron chi connectivity index (χ2n) is 8.23. The molecule has 1 aromatic heterocycles. The lowest BCUT2D eigenvalue weighted by Crippen LogP contribution is -2.40. The lowest BCUT2D eigenvalue weighted by atomic mass is 9.65. The molecule has 1 fully saturated rings. The number of methoxy groups -OCH3 is 1. The Bertz CT molecular complexity index is 1300. The number of hydrogen-bond donors (Lipinski definition) is 2. The van der Waals surface area contributed by atoms with Crippen molar-refractivity contribution in [2.24, 2.45) is 0 Å². The van der Waals surface area contributed by atoms with Crippen LogP contribution in [0, 0.1) is 0 Å². The SMILES string of the molecule is COc1ccccc1S(=O)(=O)Nc1cc(C(C)c2nccs2)c2c(c1)C1(CCC1)C(=O)N2. The van der Waals surface area contributed by atoms with E-state index >= 15 is 0 Å². The van der Waals surface area contributed by atoms with Crippen LogP contribution in [0.25, 0.3) is 0 Å². The lowest BCUT2D eigenvalue weighted by Gasteiger charge is -2.36. The van der Waals surface area contributed by atoms with Crippen LogP contribution in [0.2, 0.25) is 0 Å². The highest BCUT2D eigenvalue weighted by Gasteiger charge is 2.52. The number of thiazole rings is 1. The zero-order valence-corrected chi connectivity index (χ0v) is 19.3. The summed E-state index contributed by atoms with van der Waals surface area (Å²) >= 11 is 1.53. The molecule has 1 aliphatic carbocycles. The standard InChI is InChI=1S/C23H23N3O4S2/c1-14(21-24-10-11-31-21)16-12-15(13-17-20(16)25-22(27)23(17)8-5-9-23)26-32(28,29)19-7-4-3-6-18(19)30-2/h3-4,6-7,10-14,26H,5,8-9H2,1-2H3,(H,25,27). The summed E-state index contributed by atoms with van der Waals surface area (Å²) in [6.07, 6.45) is 4.25. The molecule has 1 spiro atoms. The van der Waals surface area contributed by atoms with Crippen LogP contribution in [-0.2, 0) is 20.2 Å². The van der Waals surface area contributed by atoms with Gasteiger partial charge in [0.1, 0.15) is 10.6 Å². The van der Waals surface area contributed by atoms with E-state index in [1.165, 1.54) is 24.5 Å². The minimum absolute atomic E-state index is 0.00363. The average molecular weight is 470 g/mol. The largest absolute Gasteiger partial charge is 0.495 e. The summed E-state index contributed by atoms with van der Waals surface area (Å²) in [5, 5.41) is 5.89. The van der Waals surface area contributed by atoms with Gasteiger partial charge in [0.2, 0.25) is 5.91 Å². The molecule has 3 aromatic rings. The van der Waals surface area contributed by atoms with E-state index in [-0.39, 0.29) is 22.5 Å². The third kappa shape index (κ3) is 3.18. The first-order valence-electron chi connectivity index (χ1n) is 10.4. The molecule has 1 amide bonds. The van der Waals surface area contributed by atoms with Crippen molar-refractivity contribution in [1.29, 1.82) is 0 Å². The molecule has 2 aromatic carbocycles. The molecule has 2 N–H and O–H groups in total. The number of anilines is 2. The van der Waals surface area contributed by atoms with Crippen molar-refractivity contribution in [2.45, 2.75) is 42.4 Å². The smallest absolute Gasteiger partial charge is 0.265 e. The first-order chi connectivity index (χ1) is 15.4. The molecule has 9 heteroatoms. The fourth-order valence-electron chi connectivity index (χ4n) is 4.60. The van der Waals surface area contributed by atoms with Gasteiger partial charge in [0, 0.05) is 28.9 Å². The van der Waals surface area contributed by atoms with Crippen LogP contribution in [0.5, 0.6) is 5.75 Å². The van der Waals surface area contributed by atoms with Crippen molar-refractivity contribution >= 4 is 38.6 Å². The average Bonchev–Trinajstić information content (AvgIpc) is 3.38. The Morgan fingerprint density at radius 1 is 1.25 bits per heavy atom. The number of aromatic nitrogens is 1. The number of para-hydroxylation sites is 1. The van der Waals surface area contributed by atoms with Crippen molar-refractivity contribution in [3.63, 3.8) is 0 Å². The molecule has 1 atom stereocenters. The Labute approximate surface area is 190 Å². The molecule has 7 nitrogen and oxygen atoms in total. The number of nitrogens with zero attached hydrogens (tertiary/aromatic N) is 1. The molecule has 2 aliphatic rings. The van der Waals surface area contributed by atoms with E-state index in [1.807, 2.05) is 12.3 Å². The number of hydrogen-bond acceptors (Lipinski definition) is 6. The Morgan fingerprint density at radius 2 is 2.03 bits per heavy atom. The Morgan fingerprint density at radius 3 is 2.69 bits per heavy atom. The van der Waals surface area contributed by atoms with Crippen LogP contribution in [-0.4, -0.2) is 26.4 Å². The highest BCUT2D eigenvalue weighted by atomic mass is 32.2. The van der Waals surface area contributed by atoms with Crippen LogP contribution in [0.3, 0.4) is 0 Å². The lowest BCUT2D eigenvalue weighted by molar-refractivity contribution is -0.123. The molecule has 1 aliphatic heterocycles. The number of fused-ring (bicyclic) bond motifs is 2. The van der Waals surface area contributed by atoms with Crippen molar-refractivity contribution < 1.29 is 17.9 Å². The van der Waals surface area contributed by atoms with Crippen LogP contribution in [0.4, 0.5) is 11.4 Å². The van der Waals surface area contributed by atoms with Crippen molar-refractivity contribution in [3.8, 4) is 5.75 Å². The topological polar surface area (TPSA) is 97.4 Å². The van der Waals surface area contributed by atoms with Crippen molar-refractivity contribution in [3.05, 3.63) is 64.1 Å². The molecule has 1 unspecified atom stereocenters. The summed E-state index contributed by atoms with van der Waals surface area (Å²) in [4.78, 5) is 17.4. The van der Waals surface area contributed by atoms with Gasteiger partial charge in [0.25, 0.3) is 10.0 Å². The third-order valence-electron chi connectivity index (χ3n) is 6.46. The van der Waals surface area contributed by atoms with E-state index in [2.05, 4.69) is 15.0 Å². The summed E-state index contributed by atoms with van der Waals surface area (Å²) in [5.41, 5.74) is 2.37. The summed E-state index contributed by atoms with van der Waals surface area (Å²) < 4.78 is 34.4. The van der Waals surface area contributed by atoms with Gasteiger partial charge in [-0.25, -0.2) is 13.4 Å². The maximum atomic E-state index is 13.2. The molecule has 5 rings (SSSR count). The summed E-state index contributed by atoms with van der Waals surface area (Å²) in [6, 6.07) is 10.1. The number of carbonyl (C=O) groups excluding carboxylic acids is 1. The van der Waals surface area contributed by atoms with Gasteiger partial charge in [-0.2, -0.15) is 0 Å². The van der Waals surface area contributed by atoms with E-state index in [9.17, 15) is 13.2 Å². The molecule has 32 heavy (non-hydrogen) atoms. The summed E-state index contributed by atoms with van der Waals surface area (Å²) in [6.45, 7) is 2.02. The molecule has 0 bridgehead atoms. The van der Waals surface area contributed by atoms with Gasteiger partial charge in [-0.15, -0.1) is 11.3 Å². The number of benzene rings is 2. The van der Waals surface area contributed by atoms with Crippen LogP contribution in [0.1, 0.15) is 48.2 Å². The van der Waals surface area contributed by atoms with Crippen LogP contribution < -0.4 is 14.8 Å². The molecular weight excluding hydrogens is 446 g/mol. The maximum Gasteiger partial charge on any atom is 0.265 e. The number of amides is 1. The van der Waals surface area contributed by atoms with Crippen LogP contribution >= 0.6 is 11.3 Å². The monoisotopic (exact) mass is 469 g/mol. The fraction of sp³-hybridized carbons (Fsp3) is 0.304. The zero-order valence-electron chi connectivity index (χ0n) is 17.7. The van der Waals surface area contributed by atoms with Gasteiger partial charge in [-0.3, -0.25) is 9.52 Å². The van der Waals surface area contributed by atoms with Crippen molar-refractivity contribution in [2.75, 3.05) is 17.1 Å². The van der Waals surface area contributed by atoms with Crippen LogP contribution in [0.15, 0.2) is 52.9 Å². The Kier molecular flexibility index (Phi) is 4.98. The van der Waals surface area contributed by atoms with E-state index < -0.39 is 15.4 Å². The predicted molar refractivity (Wildman–Crippen MR) is 124 cm³/mol. The van der Waals surface area contributed by atoms with Crippen molar-refractivity contribution in [1.82, 2.24) is 4.98 Å². The number of carbonyl (C=O) groups is 1. The molecule has 0 radical (unpaired) electrons. The Hall–Kier alpha value is -2.91. The number of rotatable bonds is 6. The number of nitrogens with one attached hydrogen (secondary N) is 2. The number of sulfonamides is 1. The molecule has 1 saturated carbocycles. The maximum absolute atomic E-state index is 13.2. The molecule has 166 valence electrons. The Balaban J connectivity index is 1.62. The van der Waals surface area contributed by atoms with Gasteiger partial charge in [-0.05, 0) is 48.2 Å². The molecular formula is C23H23N3O4S2. The normalized spacial score (nSPS) is 17.4. The summed E-state index contributed by atoms with van der Waals surface area (Å²) in [7, 11) is -2.46. The quantitative estimate of drug-likeness (QED) is 0.555.